The lowest BCUT2D eigenvalue weighted by atomic mass is 10.2. The molecule has 0 amide bonds. The highest BCUT2D eigenvalue weighted by molar-refractivity contribution is 9.08. The molecule has 1 rings (SSSR count). The van der Waals surface area contributed by atoms with Gasteiger partial charge in [-0.05, 0) is 24.1 Å². The van der Waals surface area contributed by atoms with Crippen molar-refractivity contribution in [3.8, 4) is 11.5 Å². The van der Waals surface area contributed by atoms with E-state index in [9.17, 15) is 8.42 Å². The van der Waals surface area contributed by atoms with Crippen LogP contribution in [0.3, 0.4) is 0 Å². The van der Waals surface area contributed by atoms with Crippen LogP contribution in [0.1, 0.15) is 18.9 Å². The fourth-order valence-corrected chi connectivity index (χ4v) is 3.12. The highest BCUT2D eigenvalue weighted by Gasteiger charge is 2.11. The van der Waals surface area contributed by atoms with Crippen LogP contribution in [-0.4, -0.2) is 33.6 Å². The van der Waals surface area contributed by atoms with Crippen LogP contribution >= 0.6 is 15.9 Å². The largest absolute Gasteiger partial charge is 0.493 e. The van der Waals surface area contributed by atoms with Gasteiger partial charge in [-0.3, -0.25) is 0 Å². The molecule has 0 radical (unpaired) electrons. The number of hydrogen-bond acceptors (Lipinski definition) is 4. The predicted octanol–water partition coefficient (Wildman–Crippen LogP) is 2.79. The lowest BCUT2D eigenvalue weighted by molar-refractivity contribution is 0.311. The van der Waals surface area contributed by atoms with Crippen molar-refractivity contribution < 1.29 is 17.9 Å². The molecule has 0 aliphatic rings. The predicted molar refractivity (Wildman–Crippen MR) is 80.1 cm³/mol. The Morgan fingerprint density at radius 3 is 2.53 bits per heavy atom. The summed E-state index contributed by atoms with van der Waals surface area (Å²) in [7, 11) is -1.44. The molecule has 0 bridgehead atoms. The Balaban J connectivity index is 2.63. The number of alkyl halides is 1. The van der Waals surface area contributed by atoms with Crippen molar-refractivity contribution in [2.75, 3.05) is 25.2 Å². The monoisotopic (exact) mass is 350 g/mol. The van der Waals surface area contributed by atoms with Crippen molar-refractivity contribution >= 4 is 25.8 Å². The van der Waals surface area contributed by atoms with E-state index in [1.807, 2.05) is 19.1 Å². The van der Waals surface area contributed by atoms with Gasteiger partial charge < -0.3 is 9.47 Å². The van der Waals surface area contributed by atoms with Gasteiger partial charge in [0.15, 0.2) is 21.3 Å². The van der Waals surface area contributed by atoms with E-state index in [0.717, 1.165) is 10.9 Å². The Morgan fingerprint density at radius 1 is 1.21 bits per heavy atom. The van der Waals surface area contributed by atoms with E-state index in [2.05, 4.69) is 15.9 Å². The zero-order valence-electron chi connectivity index (χ0n) is 11.2. The summed E-state index contributed by atoms with van der Waals surface area (Å²) in [6, 6.07) is 5.57. The molecule has 1 aromatic carbocycles. The summed E-state index contributed by atoms with van der Waals surface area (Å²) >= 11 is 3.37. The van der Waals surface area contributed by atoms with Crippen LogP contribution < -0.4 is 9.47 Å². The molecule has 0 atom stereocenters. The Hall–Kier alpha value is -0.750. The molecule has 0 saturated heterocycles. The van der Waals surface area contributed by atoms with Crippen LogP contribution in [0, 0.1) is 0 Å². The molecule has 0 spiro atoms. The van der Waals surface area contributed by atoms with Crippen molar-refractivity contribution in [2.24, 2.45) is 0 Å². The van der Waals surface area contributed by atoms with Gasteiger partial charge in [-0.2, -0.15) is 0 Å². The molecule has 4 nitrogen and oxygen atoms in total. The average molecular weight is 351 g/mol. The Kier molecular flexibility index (Phi) is 6.65. The third-order valence-electron chi connectivity index (χ3n) is 2.55. The number of halogens is 1. The number of hydrogen-bond donors (Lipinski definition) is 0. The van der Waals surface area contributed by atoms with Crippen LogP contribution in [0.4, 0.5) is 0 Å². The maximum Gasteiger partial charge on any atom is 0.161 e. The van der Waals surface area contributed by atoms with E-state index in [1.54, 1.807) is 13.2 Å². The molecule has 0 aliphatic carbocycles. The van der Waals surface area contributed by atoms with Crippen molar-refractivity contribution in [2.45, 2.75) is 18.7 Å². The third-order valence-corrected chi connectivity index (χ3v) is 5.02. The van der Waals surface area contributed by atoms with Gasteiger partial charge >= 0.3 is 0 Å². The number of benzene rings is 1. The van der Waals surface area contributed by atoms with E-state index in [1.165, 1.54) is 0 Å². The van der Waals surface area contributed by atoms with Crippen LogP contribution in [-0.2, 0) is 15.2 Å². The summed E-state index contributed by atoms with van der Waals surface area (Å²) in [5.74, 6) is 1.42. The molecule has 0 N–H and O–H groups in total. The zero-order valence-corrected chi connectivity index (χ0v) is 13.6. The lowest BCUT2D eigenvalue weighted by Gasteiger charge is -2.11. The van der Waals surface area contributed by atoms with Gasteiger partial charge in [0.1, 0.15) is 6.61 Å². The standard InChI is InChI=1S/C13H19BrO4S/c1-3-7-19(15,16)8-6-18-12-5-4-11(10-14)9-13(12)17-2/h4-5,9H,3,6-8,10H2,1-2H3. The van der Waals surface area contributed by atoms with Gasteiger partial charge in [0.05, 0.1) is 18.6 Å². The minimum absolute atomic E-state index is 0.0319. The lowest BCUT2D eigenvalue weighted by Crippen LogP contribution is -2.16. The molecule has 0 fully saturated rings. The summed E-state index contributed by atoms with van der Waals surface area (Å²) < 4.78 is 33.8. The fourth-order valence-electron chi connectivity index (χ4n) is 1.61. The molecule has 108 valence electrons. The van der Waals surface area contributed by atoms with Crippen molar-refractivity contribution in [1.82, 2.24) is 0 Å². The summed E-state index contributed by atoms with van der Waals surface area (Å²) in [6.07, 6.45) is 0.631. The minimum atomic E-state index is -3.01. The van der Waals surface area contributed by atoms with Gasteiger partial charge in [-0.1, -0.05) is 28.9 Å². The first-order chi connectivity index (χ1) is 9.02. The van der Waals surface area contributed by atoms with E-state index in [4.69, 9.17) is 9.47 Å². The Bertz CT molecular complexity index is 499. The smallest absolute Gasteiger partial charge is 0.161 e. The first-order valence-corrected chi connectivity index (χ1v) is 9.02. The molecule has 1 aromatic rings. The number of methoxy groups -OCH3 is 1. The maximum absolute atomic E-state index is 11.6. The second kappa shape index (κ2) is 7.75. The van der Waals surface area contributed by atoms with Crippen LogP contribution in [0.2, 0.25) is 0 Å². The van der Waals surface area contributed by atoms with Gasteiger partial charge in [-0.15, -0.1) is 0 Å². The third kappa shape index (κ3) is 5.40. The molecule has 0 saturated carbocycles. The molecule has 0 aliphatic heterocycles. The number of rotatable bonds is 8. The molecular weight excluding hydrogens is 332 g/mol. The maximum atomic E-state index is 11.6. The first-order valence-electron chi connectivity index (χ1n) is 6.08. The molecule has 6 heteroatoms. The normalized spacial score (nSPS) is 11.3. The second-order valence-corrected chi connectivity index (χ2v) is 6.98. The fraction of sp³-hybridized carbons (Fsp3) is 0.538. The Morgan fingerprint density at radius 2 is 1.95 bits per heavy atom. The second-order valence-electron chi connectivity index (χ2n) is 4.12. The van der Waals surface area contributed by atoms with Crippen LogP contribution in [0.25, 0.3) is 0 Å². The topological polar surface area (TPSA) is 52.6 Å². The summed E-state index contributed by atoms with van der Waals surface area (Å²) in [4.78, 5) is 0. The molecule has 0 unspecified atom stereocenters. The van der Waals surface area contributed by atoms with Crippen molar-refractivity contribution in [3.05, 3.63) is 23.8 Å². The van der Waals surface area contributed by atoms with Crippen LogP contribution in [0.5, 0.6) is 11.5 Å². The van der Waals surface area contributed by atoms with E-state index in [-0.39, 0.29) is 18.1 Å². The van der Waals surface area contributed by atoms with E-state index >= 15 is 0 Å². The zero-order chi connectivity index (χ0) is 14.3. The number of sulfone groups is 1. The van der Waals surface area contributed by atoms with E-state index < -0.39 is 9.84 Å². The summed E-state index contributed by atoms with van der Waals surface area (Å²) in [5, 5.41) is 0.731. The first kappa shape index (κ1) is 16.3. The molecule has 0 aromatic heterocycles. The SMILES string of the molecule is CCCS(=O)(=O)CCOc1ccc(CBr)cc1OC. The Labute approximate surface area is 123 Å². The van der Waals surface area contributed by atoms with Gasteiger partial charge in [0.2, 0.25) is 0 Å². The van der Waals surface area contributed by atoms with E-state index in [0.29, 0.717) is 17.9 Å². The van der Waals surface area contributed by atoms with Crippen molar-refractivity contribution in [1.29, 1.82) is 0 Å². The number of ether oxygens (including phenoxy) is 2. The molecule has 0 heterocycles. The average Bonchev–Trinajstić information content (AvgIpc) is 2.38. The van der Waals surface area contributed by atoms with Gasteiger partial charge in [0.25, 0.3) is 0 Å². The molecular formula is C13H19BrO4S. The minimum Gasteiger partial charge on any atom is -0.493 e. The highest BCUT2D eigenvalue weighted by Crippen LogP contribution is 2.28. The summed E-state index contributed by atoms with van der Waals surface area (Å²) in [6.45, 7) is 1.99. The van der Waals surface area contributed by atoms with Gasteiger partial charge in [0, 0.05) is 5.33 Å². The highest BCUT2D eigenvalue weighted by atomic mass is 79.9. The van der Waals surface area contributed by atoms with Crippen LogP contribution in [0.15, 0.2) is 18.2 Å². The quantitative estimate of drug-likeness (QED) is 0.676. The molecule has 19 heavy (non-hydrogen) atoms. The summed E-state index contributed by atoms with van der Waals surface area (Å²) in [5.41, 5.74) is 1.07. The van der Waals surface area contributed by atoms with Gasteiger partial charge in [-0.25, -0.2) is 8.42 Å². The van der Waals surface area contributed by atoms with Crippen molar-refractivity contribution in [3.63, 3.8) is 0 Å².